The van der Waals surface area contributed by atoms with Crippen LogP contribution in [-0.2, 0) is 80.2 Å². The molecule has 7 aromatic carbocycles. The Balaban J connectivity index is 0.000000166. The van der Waals surface area contributed by atoms with Gasteiger partial charge in [0.1, 0.15) is 22.6 Å². The Hall–Kier alpha value is -9.47. The van der Waals surface area contributed by atoms with Gasteiger partial charge in [0.25, 0.3) is 11.8 Å². The molecule has 0 radical (unpaired) electrons. The summed E-state index contributed by atoms with van der Waals surface area (Å²) >= 11 is 11.1. The third kappa shape index (κ3) is 25.7. The number of nitrogens with zero attached hydrogens (tertiary/aromatic N) is 10. The molecule has 2 bridgehead atoms. The first kappa shape index (κ1) is 107. The van der Waals surface area contributed by atoms with Gasteiger partial charge in [0.05, 0.1) is 82.0 Å². The van der Waals surface area contributed by atoms with Gasteiger partial charge in [0, 0.05) is 135 Å². The number of aryl methyl sites for hydroxylation is 10. The largest absolute Gasteiger partial charge is 0.502 e. The third-order valence-electron chi connectivity index (χ3n) is 28.5. The van der Waals surface area contributed by atoms with E-state index in [1.807, 2.05) is 99.0 Å². The smallest absolute Gasteiger partial charge is 0.285 e. The molecule has 1 saturated heterocycles. The van der Waals surface area contributed by atoms with Crippen molar-refractivity contribution in [2.75, 3.05) is 124 Å². The molecule has 17 rings (SSSR count). The zero-order valence-electron chi connectivity index (χ0n) is 84.2. The van der Waals surface area contributed by atoms with E-state index in [1.54, 1.807) is 52.7 Å². The first-order chi connectivity index (χ1) is 67.4. The van der Waals surface area contributed by atoms with Crippen LogP contribution in [0.1, 0.15) is 195 Å². The average Bonchev–Trinajstić information content (AvgIpc) is 1.67. The minimum atomic E-state index is -3.35. The van der Waals surface area contributed by atoms with Gasteiger partial charge in [-0.25, -0.2) is 8.42 Å². The van der Waals surface area contributed by atoms with E-state index < -0.39 is 67.9 Å². The zero-order valence-corrected chi connectivity index (χ0v) is 90.6. The maximum Gasteiger partial charge on any atom is 0.285 e. The Morgan fingerprint density at radius 1 is 0.716 bits per heavy atom. The number of halogens is 4. The van der Waals surface area contributed by atoms with Gasteiger partial charge in [-0.3, -0.25) is 28.5 Å². The second-order valence-corrected chi connectivity index (χ2v) is 51.2. The minimum Gasteiger partial charge on any atom is -0.502 e. The number of ketones is 2. The van der Waals surface area contributed by atoms with E-state index in [0.717, 1.165) is 130 Å². The molecule has 0 unspecified atom stereocenters. The van der Waals surface area contributed by atoms with E-state index in [-0.39, 0.29) is 80.9 Å². The van der Waals surface area contributed by atoms with Crippen LogP contribution in [0.25, 0.3) is 0 Å². The van der Waals surface area contributed by atoms with E-state index in [0.29, 0.717) is 73.3 Å². The van der Waals surface area contributed by atoms with E-state index in [4.69, 9.17) is 75.7 Å². The van der Waals surface area contributed by atoms with Crippen molar-refractivity contribution in [3.63, 3.8) is 0 Å². The summed E-state index contributed by atoms with van der Waals surface area (Å²) < 4.78 is 84.2. The number of anilines is 4. The number of allylic oxidation sites excluding steroid dienone is 2. The Morgan fingerprint density at radius 2 is 1.30 bits per heavy atom. The summed E-state index contributed by atoms with van der Waals surface area (Å²) in [6, 6.07) is 40.0. The summed E-state index contributed by atoms with van der Waals surface area (Å²) in [4.78, 5) is 64.9. The summed E-state index contributed by atoms with van der Waals surface area (Å²) in [7, 11) is 14.7. The van der Waals surface area contributed by atoms with Crippen molar-refractivity contribution in [3.05, 3.63) is 271 Å². The molecule has 30 heteroatoms. The Kier molecular flexibility index (Phi) is 35.9. The zero-order chi connectivity index (χ0) is 101. The van der Waals surface area contributed by atoms with Crippen LogP contribution in [0.4, 0.5) is 22.7 Å². The van der Waals surface area contributed by atoms with Gasteiger partial charge in [0.2, 0.25) is 11.8 Å². The first-order valence-corrected chi connectivity index (χ1v) is 58.8. The van der Waals surface area contributed by atoms with Gasteiger partial charge in [-0.05, 0) is 259 Å². The van der Waals surface area contributed by atoms with Crippen molar-refractivity contribution in [3.8, 4) is 29.0 Å². The van der Waals surface area contributed by atoms with Gasteiger partial charge in [-0.1, -0.05) is 109 Å². The van der Waals surface area contributed by atoms with Gasteiger partial charge < -0.3 is 48.0 Å². The van der Waals surface area contributed by atoms with Crippen LogP contribution in [-0.4, -0.2) is 178 Å². The van der Waals surface area contributed by atoms with E-state index in [2.05, 4.69) is 161 Å². The number of ether oxygens (including phenoxy) is 7. The number of methoxy groups -OCH3 is 4. The van der Waals surface area contributed by atoms with Gasteiger partial charge >= 0.3 is 97.8 Å². The number of hydrogen-bond donors (Lipinski definition) is 0. The molecule has 0 N–H and O–H groups in total. The first-order valence-electron chi connectivity index (χ1n) is 48.8. The number of carbonyl (C=O) groups excluding carboxylic acids is 4. The number of benzene rings is 7. The monoisotopic (exact) mass is 2120 g/mol. The van der Waals surface area contributed by atoms with Crippen molar-refractivity contribution in [1.29, 1.82) is 0 Å². The number of para-hydroxylation sites is 1. The van der Waals surface area contributed by atoms with Crippen molar-refractivity contribution in [2.45, 2.75) is 175 Å². The molecular weight excluding hydrogens is 1990 g/mol. The van der Waals surface area contributed by atoms with Crippen LogP contribution in [0.2, 0.25) is 10.0 Å². The number of rotatable bonds is 24. The number of fused-ring (bicyclic) bond motifs is 7. The van der Waals surface area contributed by atoms with E-state index >= 15 is 0 Å². The van der Waals surface area contributed by atoms with Gasteiger partial charge in [-0.2, -0.15) is 15.4 Å². The van der Waals surface area contributed by atoms with E-state index in [9.17, 15) is 27.6 Å². The second kappa shape index (κ2) is 47.1. The number of amides is 2. The van der Waals surface area contributed by atoms with Gasteiger partial charge in [0.15, 0.2) is 11.6 Å². The van der Waals surface area contributed by atoms with Gasteiger partial charge in [-0.15, -0.1) is 23.4 Å². The Bertz CT molecular complexity index is 6340. The fourth-order valence-electron chi connectivity index (χ4n) is 22.1. The molecular formula is C111H137Cl4N10O13RuS2-. The summed E-state index contributed by atoms with van der Waals surface area (Å²) in [5.74, 6) is 0.812. The quantitative estimate of drug-likeness (QED) is 0.0236. The number of Topliss-reactive ketones (excluding diaryl/α,β-unsaturated/α-hetero) is 2. The van der Waals surface area contributed by atoms with Crippen LogP contribution in [0, 0.1) is 83.7 Å². The van der Waals surface area contributed by atoms with E-state index in [1.165, 1.54) is 96.8 Å². The van der Waals surface area contributed by atoms with Crippen molar-refractivity contribution < 1.29 is 74.3 Å². The Morgan fingerprint density at radius 3 is 1.84 bits per heavy atom. The molecule has 2 spiro atoms. The molecule has 8 aliphatic rings. The fraction of sp³-hybridized carbons (Fsp3) is 0.459. The molecule has 6 heterocycles. The normalized spacial score (nSPS) is 22.9. The molecule has 2 aromatic heterocycles. The standard InChI is InChI=1S/C41H51ClN4O6S.C39H47ClN4O6S.C21H27N2.C10H12O.2ClH.Ru/c1-7-10-27(3)23-53(49,24-36(47)33-22-45(4)43-40(33)51-6)44-39(48)29-13-17-38-35(20-29)46(21-30-12-15-32(30)37(8-2)50-5)25-41(26-52-38)18-9-11-28-19-31(42)14-16-34(28)41;1-25-7-5-9-35(48-3)30-13-10-28(30)19-44-23-39(16-6-8-26-17-29(40)12-14-32(26)39)24-50-36-15-11-27(18-33(36)44)37(46)42-51(47,21-25)22-34(45)31-20-43(2)41-38(31)49-4;1-14-9-16(3)20(17(4)10-14)22-7-8-23(13-22)21-18(5)11-15(2)12-19(21)6;1-8(2)11-10-7-5-4-6-9(10)3;;;/h7-8,13-14,16-17,19-20,22,27,30,32,37H,1-2,9-12,15,18,21,23-26H2,3-6H3;5,9,11-12,14-15,17-18,20,25,28,30,35H,6-8,10,13,16,19,21-24H2,1-4H3;9-13H,7-8H2,1-6H3;3-8H,1-2H3;2*1H;/q;;-1;;;;+2/p-2/b;9-5+;;;;;/t27-,30-,32+,37-,41-,53+;25-,28-,30+,35-,39-,51+;;;;;/m00...../s1. The van der Waals surface area contributed by atoms with Crippen molar-refractivity contribution >= 4 is 113 Å². The predicted octanol–water partition coefficient (Wildman–Crippen LogP) is 22.7. The molecule has 9 aromatic rings. The SMILES string of the molecule is C=CC[C@H](C)C[S@@](=O)(CC(=O)c1cn(C)nc1OC)=NC(=O)c1ccc2c(c1)N(C[C@@H]1CC[C@H]1[C@H](C=C)OC)C[C@@]1(CCCc3cc(Cl)ccc31)CO2.CC(C)Oc1ccccc1[CH]=[Ru]([Cl])[Cl].COc1nn(C)cc1C(=O)C[S@@]1(=O)=NC(=O)c2ccc3c(c2)N(C[C@@H]2CC[C@H]2[C@@H](OC)/C=C/C[C@H](C)C1)C[C@@]1(CCCc2cc(Cl)ccc21)CO3.Cc1cc(C)c(N2[CH-]N(c3c(C)cc(C)cc3C)CC2)c(C)c1. The summed E-state index contributed by atoms with van der Waals surface area (Å²) in [5.41, 5.74) is 19.0. The topological polar surface area (TPSA) is 240 Å². The maximum absolute atomic E-state index is 14.7. The van der Waals surface area contributed by atoms with Crippen LogP contribution in [0.15, 0.2) is 180 Å². The molecule has 12 atom stereocenters. The number of hydrogen-bond acceptors (Lipinski definition) is 19. The maximum atomic E-state index is 14.7. The Labute approximate surface area is 857 Å². The molecule has 2 amide bonds. The predicted molar refractivity (Wildman–Crippen MR) is 568 cm³/mol. The molecule has 3 fully saturated rings. The molecule has 4 aliphatic carbocycles. The average molecular weight is 2130 g/mol. The van der Waals surface area contributed by atoms with Crippen molar-refractivity contribution in [1.82, 2.24) is 19.6 Å². The number of carbonyl (C=O) groups is 4. The van der Waals surface area contributed by atoms with Crippen LogP contribution in [0.5, 0.6) is 29.0 Å². The number of aromatic nitrogens is 4. The summed E-state index contributed by atoms with van der Waals surface area (Å²) in [6.45, 7) is 37.2. The summed E-state index contributed by atoms with van der Waals surface area (Å²) in [6.07, 6.45) is 22.3. The second-order valence-electron chi connectivity index (χ2n) is 39.9. The molecule has 4 aliphatic heterocycles. The van der Waals surface area contributed by atoms with Crippen LogP contribution in [0.3, 0.4) is 0 Å². The molecule has 23 nitrogen and oxygen atoms in total. The third-order valence-corrected chi connectivity index (χ3v) is 35.4. The fourth-order valence-corrected chi connectivity index (χ4v) is 28.8. The minimum absolute atomic E-state index is 0.0411. The molecule has 141 heavy (non-hydrogen) atoms. The van der Waals surface area contributed by atoms with Crippen molar-refractivity contribution in [2.24, 2.45) is 58.3 Å². The summed E-state index contributed by atoms with van der Waals surface area (Å²) in [5, 5.41) is 9.83. The van der Waals surface area contributed by atoms with Crippen LogP contribution < -0.4 is 43.3 Å². The van der Waals surface area contributed by atoms with Crippen LogP contribution >= 0.6 is 42.6 Å². The molecule has 2 saturated carbocycles. The molecule has 758 valence electrons.